The van der Waals surface area contributed by atoms with Gasteiger partial charge in [0, 0.05) is 12.6 Å². The van der Waals surface area contributed by atoms with Crippen LogP contribution in [-0.2, 0) is 11.3 Å². The molecule has 0 radical (unpaired) electrons. The van der Waals surface area contributed by atoms with E-state index in [1.165, 1.54) is 12.1 Å². The maximum atomic E-state index is 13.7. The number of hydrogen-bond donors (Lipinski definition) is 0. The quantitative estimate of drug-likeness (QED) is 0.743. The minimum atomic E-state index is -0.535. The van der Waals surface area contributed by atoms with E-state index in [4.69, 9.17) is 4.74 Å². The Labute approximate surface area is 154 Å². The van der Waals surface area contributed by atoms with Crippen molar-refractivity contribution in [1.82, 2.24) is 19.9 Å². The highest BCUT2D eigenvalue weighted by atomic mass is 79.9. The van der Waals surface area contributed by atoms with Crippen LogP contribution in [0.15, 0.2) is 16.6 Å². The van der Waals surface area contributed by atoms with Crippen LogP contribution in [0.3, 0.4) is 0 Å². The van der Waals surface area contributed by atoms with Crippen LogP contribution in [0.2, 0.25) is 0 Å². The summed E-state index contributed by atoms with van der Waals surface area (Å²) in [5.41, 5.74) is 0.690. The summed E-state index contributed by atoms with van der Waals surface area (Å²) >= 11 is 3.31. The smallest absolute Gasteiger partial charge is 0.410 e. The average Bonchev–Trinajstić information content (AvgIpc) is 2.89. The molecule has 1 saturated heterocycles. The molecule has 1 fully saturated rings. The molecule has 1 aliphatic rings. The Bertz CT molecular complexity index is 787. The highest BCUT2D eigenvalue weighted by molar-refractivity contribution is 9.10. The fraction of sp³-hybridized carbons (Fsp3) is 0.588. The molecule has 136 valence electrons. The third-order valence-electron chi connectivity index (χ3n) is 4.18. The summed E-state index contributed by atoms with van der Waals surface area (Å²) in [6, 6.07) is 2.74. The van der Waals surface area contributed by atoms with Crippen molar-refractivity contribution >= 4 is 33.1 Å². The standard InChI is InChI=1S/C17H22BrFN4O2/c1-17(2,3)25-16(24)22-7-5-4-6-12(22)10-23-14-9-11(19)8-13(18)15(14)20-21-23/h8-9,12H,4-7,10H2,1-3H3. The van der Waals surface area contributed by atoms with Gasteiger partial charge in [0.2, 0.25) is 0 Å². The molecule has 1 aromatic carbocycles. The number of carbonyl (C=O) groups is 1. The van der Waals surface area contributed by atoms with Crippen LogP contribution < -0.4 is 0 Å². The number of likely N-dealkylation sites (tertiary alicyclic amines) is 1. The van der Waals surface area contributed by atoms with Gasteiger partial charge in [-0.3, -0.25) is 0 Å². The van der Waals surface area contributed by atoms with Gasteiger partial charge in [0.05, 0.1) is 22.6 Å². The van der Waals surface area contributed by atoms with Gasteiger partial charge in [-0.25, -0.2) is 13.9 Å². The van der Waals surface area contributed by atoms with Gasteiger partial charge >= 0.3 is 6.09 Å². The number of nitrogens with zero attached hydrogens (tertiary/aromatic N) is 4. The van der Waals surface area contributed by atoms with Crippen molar-refractivity contribution in [3.63, 3.8) is 0 Å². The summed E-state index contributed by atoms with van der Waals surface area (Å²) in [6.45, 7) is 6.69. The van der Waals surface area contributed by atoms with Gasteiger partial charge in [-0.2, -0.15) is 0 Å². The monoisotopic (exact) mass is 412 g/mol. The van der Waals surface area contributed by atoms with Crippen LogP contribution >= 0.6 is 15.9 Å². The van der Waals surface area contributed by atoms with Crippen molar-refractivity contribution in [2.45, 2.75) is 58.2 Å². The number of carbonyl (C=O) groups excluding carboxylic acids is 1. The number of aromatic nitrogens is 3. The topological polar surface area (TPSA) is 60.2 Å². The highest BCUT2D eigenvalue weighted by Crippen LogP contribution is 2.26. The molecule has 0 bridgehead atoms. The Morgan fingerprint density at radius 1 is 1.40 bits per heavy atom. The number of hydrogen-bond acceptors (Lipinski definition) is 4. The van der Waals surface area contributed by atoms with E-state index >= 15 is 0 Å². The van der Waals surface area contributed by atoms with E-state index in [0.717, 1.165) is 19.3 Å². The molecule has 8 heteroatoms. The predicted molar refractivity (Wildman–Crippen MR) is 95.8 cm³/mol. The zero-order valence-electron chi connectivity index (χ0n) is 14.6. The molecule has 1 unspecified atom stereocenters. The summed E-state index contributed by atoms with van der Waals surface area (Å²) in [4.78, 5) is 14.3. The molecule has 0 spiro atoms. The van der Waals surface area contributed by atoms with E-state index in [0.29, 0.717) is 28.6 Å². The van der Waals surface area contributed by atoms with Crippen LogP contribution in [0.1, 0.15) is 40.0 Å². The Morgan fingerprint density at radius 3 is 2.88 bits per heavy atom. The molecular formula is C17H22BrFN4O2. The van der Waals surface area contributed by atoms with Gasteiger partial charge < -0.3 is 9.64 Å². The van der Waals surface area contributed by atoms with Gasteiger partial charge in [0.15, 0.2) is 0 Å². The lowest BCUT2D eigenvalue weighted by atomic mass is 10.0. The number of amides is 1. The van der Waals surface area contributed by atoms with Gasteiger partial charge in [-0.1, -0.05) is 5.21 Å². The average molecular weight is 413 g/mol. The zero-order chi connectivity index (χ0) is 18.2. The molecule has 0 aliphatic carbocycles. The number of piperidine rings is 1. The first-order valence-electron chi connectivity index (χ1n) is 8.42. The largest absolute Gasteiger partial charge is 0.444 e. The lowest BCUT2D eigenvalue weighted by Gasteiger charge is -2.36. The second-order valence-corrected chi connectivity index (χ2v) is 8.20. The van der Waals surface area contributed by atoms with Crippen LogP contribution in [-0.4, -0.2) is 44.2 Å². The number of halogens is 2. The molecular weight excluding hydrogens is 391 g/mol. The molecule has 6 nitrogen and oxygen atoms in total. The molecule has 1 amide bonds. The maximum absolute atomic E-state index is 13.7. The van der Waals surface area contributed by atoms with Crippen molar-refractivity contribution in [3.8, 4) is 0 Å². The van der Waals surface area contributed by atoms with Gasteiger partial charge in [-0.05, 0) is 62.0 Å². The number of ether oxygens (including phenoxy) is 1. The van der Waals surface area contributed by atoms with E-state index in [-0.39, 0.29) is 18.0 Å². The Kier molecular flexibility index (Phi) is 4.99. The summed E-state index contributed by atoms with van der Waals surface area (Å²) < 4.78 is 21.5. The molecule has 25 heavy (non-hydrogen) atoms. The van der Waals surface area contributed by atoms with E-state index < -0.39 is 5.60 Å². The fourth-order valence-corrected chi connectivity index (χ4v) is 3.58. The van der Waals surface area contributed by atoms with E-state index in [1.807, 2.05) is 20.8 Å². The summed E-state index contributed by atoms with van der Waals surface area (Å²) in [5.74, 6) is -0.351. The number of rotatable bonds is 2. The van der Waals surface area contributed by atoms with Crippen molar-refractivity contribution in [2.24, 2.45) is 0 Å². The van der Waals surface area contributed by atoms with E-state index in [9.17, 15) is 9.18 Å². The molecule has 1 atom stereocenters. The molecule has 1 aromatic heterocycles. The van der Waals surface area contributed by atoms with Crippen LogP contribution in [0.5, 0.6) is 0 Å². The Hall–Kier alpha value is -1.70. The van der Waals surface area contributed by atoms with Gasteiger partial charge in [0.1, 0.15) is 16.9 Å². The molecule has 1 aliphatic heterocycles. The SMILES string of the molecule is CC(C)(C)OC(=O)N1CCCCC1Cn1nnc2c(Br)cc(F)cc21. The third kappa shape index (κ3) is 4.11. The first-order chi connectivity index (χ1) is 11.7. The second kappa shape index (κ2) is 6.90. The van der Waals surface area contributed by atoms with Crippen molar-refractivity contribution in [1.29, 1.82) is 0 Å². The summed E-state index contributed by atoms with van der Waals surface area (Å²) in [6.07, 6.45) is 2.54. The zero-order valence-corrected chi connectivity index (χ0v) is 16.2. The van der Waals surface area contributed by atoms with Crippen molar-refractivity contribution < 1.29 is 13.9 Å². The van der Waals surface area contributed by atoms with E-state index in [2.05, 4.69) is 26.2 Å². The molecule has 0 saturated carbocycles. The molecule has 2 heterocycles. The minimum absolute atomic E-state index is 0.0458. The summed E-state index contributed by atoms with van der Waals surface area (Å²) in [5, 5.41) is 8.27. The van der Waals surface area contributed by atoms with Crippen LogP contribution in [0, 0.1) is 5.82 Å². The lowest BCUT2D eigenvalue weighted by Crippen LogP contribution is -2.48. The highest BCUT2D eigenvalue weighted by Gasteiger charge is 2.31. The lowest BCUT2D eigenvalue weighted by molar-refractivity contribution is 0.00748. The van der Waals surface area contributed by atoms with E-state index in [1.54, 1.807) is 9.58 Å². The first-order valence-corrected chi connectivity index (χ1v) is 9.22. The number of fused-ring (bicyclic) bond motifs is 1. The summed E-state index contributed by atoms with van der Waals surface area (Å²) in [7, 11) is 0. The molecule has 0 N–H and O–H groups in total. The van der Waals surface area contributed by atoms with Crippen LogP contribution in [0.4, 0.5) is 9.18 Å². The normalized spacial score (nSPS) is 18.6. The van der Waals surface area contributed by atoms with Gasteiger partial charge in [-0.15, -0.1) is 5.10 Å². The van der Waals surface area contributed by atoms with Crippen molar-refractivity contribution in [3.05, 3.63) is 22.4 Å². The third-order valence-corrected chi connectivity index (χ3v) is 4.78. The van der Waals surface area contributed by atoms with Crippen LogP contribution in [0.25, 0.3) is 11.0 Å². The van der Waals surface area contributed by atoms with Crippen molar-refractivity contribution in [2.75, 3.05) is 6.54 Å². The first kappa shape index (κ1) is 18.1. The Morgan fingerprint density at radius 2 is 2.16 bits per heavy atom. The maximum Gasteiger partial charge on any atom is 0.410 e. The minimum Gasteiger partial charge on any atom is -0.444 e. The second-order valence-electron chi connectivity index (χ2n) is 7.35. The fourth-order valence-electron chi connectivity index (χ4n) is 3.08. The molecule has 3 rings (SSSR count). The predicted octanol–water partition coefficient (Wildman–Crippen LogP) is 4.12. The molecule has 2 aromatic rings. The van der Waals surface area contributed by atoms with Gasteiger partial charge in [0.25, 0.3) is 0 Å². The Balaban J connectivity index is 1.84. The number of benzene rings is 1.